The molecule has 1 saturated heterocycles. The second-order valence-corrected chi connectivity index (χ2v) is 4.66. The van der Waals surface area contributed by atoms with Crippen LogP contribution < -0.4 is 11.5 Å². The number of nitrogens with two attached hydrogens (primary N) is 1. The molecule has 2 aromatic rings. The van der Waals surface area contributed by atoms with E-state index >= 15 is 0 Å². The highest BCUT2D eigenvalue weighted by Crippen LogP contribution is 2.35. The van der Waals surface area contributed by atoms with Crippen molar-refractivity contribution in [2.24, 2.45) is 5.73 Å². The van der Waals surface area contributed by atoms with Gasteiger partial charge in [-0.25, -0.2) is 4.79 Å². The van der Waals surface area contributed by atoms with Crippen LogP contribution in [0.4, 0.5) is 0 Å². The quantitative estimate of drug-likeness (QED) is 0.802. The van der Waals surface area contributed by atoms with Gasteiger partial charge in [0.05, 0.1) is 24.1 Å². The van der Waals surface area contributed by atoms with Crippen LogP contribution in [0.2, 0.25) is 0 Å². The maximum Gasteiger partial charge on any atom is 0.417 e. The lowest BCUT2D eigenvalue weighted by Crippen LogP contribution is -2.57. The number of aromatic amines is 1. The molecule has 1 unspecified atom stereocenters. The van der Waals surface area contributed by atoms with Crippen molar-refractivity contribution >= 4 is 11.1 Å². The molecule has 0 saturated carbocycles. The normalized spacial score (nSPS) is 20.1. The molecule has 1 aliphatic heterocycles. The molecular formula is C12H14N2O3. The summed E-state index contributed by atoms with van der Waals surface area (Å²) in [6.45, 7) is 3.20. The lowest BCUT2D eigenvalue weighted by molar-refractivity contribution is -0.0701. The molecule has 0 radical (unpaired) electrons. The molecule has 1 aromatic carbocycles. The fraction of sp³-hybridized carbons (Fsp3) is 0.417. The van der Waals surface area contributed by atoms with E-state index in [0.29, 0.717) is 24.3 Å². The highest BCUT2D eigenvalue weighted by molar-refractivity contribution is 5.73. The van der Waals surface area contributed by atoms with Gasteiger partial charge in [-0.2, -0.15) is 0 Å². The van der Waals surface area contributed by atoms with Crippen LogP contribution in [0.25, 0.3) is 11.1 Å². The van der Waals surface area contributed by atoms with E-state index in [1.807, 2.05) is 25.1 Å². The van der Waals surface area contributed by atoms with Crippen molar-refractivity contribution < 1.29 is 9.15 Å². The lowest BCUT2D eigenvalue weighted by atomic mass is 9.73. The Balaban J connectivity index is 2.14. The number of fused-ring (bicyclic) bond motifs is 1. The molecule has 0 bridgehead atoms. The van der Waals surface area contributed by atoms with Crippen LogP contribution in [0.5, 0.6) is 0 Å². The monoisotopic (exact) mass is 234 g/mol. The van der Waals surface area contributed by atoms with Gasteiger partial charge in [0.15, 0.2) is 5.58 Å². The van der Waals surface area contributed by atoms with Crippen LogP contribution in [-0.2, 0) is 10.2 Å². The van der Waals surface area contributed by atoms with Gasteiger partial charge < -0.3 is 14.9 Å². The van der Waals surface area contributed by atoms with Crippen molar-refractivity contribution in [1.82, 2.24) is 4.98 Å². The molecule has 0 spiro atoms. The van der Waals surface area contributed by atoms with Crippen LogP contribution in [0.1, 0.15) is 12.5 Å². The fourth-order valence-electron chi connectivity index (χ4n) is 2.27. The first-order chi connectivity index (χ1) is 8.12. The molecule has 5 nitrogen and oxygen atoms in total. The number of hydrogen-bond donors (Lipinski definition) is 2. The van der Waals surface area contributed by atoms with E-state index < -0.39 is 5.76 Å². The molecule has 5 heteroatoms. The van der Waals surface area contributed by atoms with Crippen molar-refractivity contribution in [3.05, 3.63) is 34.3 Å². The van der Waals surface area contributed by atoms with E-state index in [-0.39, 0.29) is 11.5 Å². The number of nitrogens with one attached hydrogen (secondary N) is 1. The molecular weight excluding hydrogens is 220 g/mol. The molecule has 1 aliphatic rings. The number of ether oxygens (including phenoxy) is 1. The summed E-state index contributed by atoms with van der Waals surface area (Å²) in [4.78, 5) is 13.7. The van der Waals surface area contributed by atoms with Gasteiger partial charge in [0.1, 0.15) is 0 Å². The van der Waals surface area contributed by atoms with E-state index in [9.17, 15) is 4.79 Å². The maximum absolute atomic E-state index is 11.1. The Bertz CT molecular complexity index is 607. The molecule has 17 heavy (non-hydrogen) atoms. The average molecular weight is 234 g/mol. The summed E-state index contributed by atoms with van der Waals surface area (Å²) >= 11 is 0. The Morgan fingerprint density at radius 3 is 2.82 bits per heavy atom. The Morgan fingerprint density at radius 1 is 1.47 bits per heavy atom. The summed E-state index contributed by atoms with van der Waals surface area (Å²) in [6, 6.07) is 5.69. The predicted octanol–water partition coefficient (Wildman–Crippen LogP) is 0.736. The summed E-state index contributed by atoms with van der Waals surface area (Å²) in [5.74, 6) is -0.433. The average Bonchev–Trinajstić information content (AvgIpc) is 2.54. The first kappa shape index (κ1) is 10.6. The largest absolute Gasteiger partial charge is 0.417 e. The minimum absolute atomic E-state index is 0.000589. The first-order valence-electron chi connectivity index (χ1n) is 5.58. The summed E-state index contributed by atoms with van der Waals surface area (Å²) in [7, 11) is 0. The maximum atomic E-state index is 11.1. The predicted molar refractivity (Wildman–Crippen MR) is 63.0 cm³/mol. The van der Waals surface area contributed by atoms with Crippen molar-refractivity contribution in [3.8, 4) is 0 Å². The highest BCUT2D eigenvalue weighted by atomic mass is 16.5. The second-order valence-electron chi connectivity index (χ2n) is 4.66. The molecule has 90 valence electrons. The topological polar surface area (TPSA) is 81.3 Å². The Morgan fingerprint density at radius 2 is 2.24 bits per heavy atom. The van der Waals surface area contributed by atoms with Crippen LogP contribution in [0.3, 0.4) is 0 Å². The van der Waals surface area contributed by atoms with Crippen LogP contribution in [0, 0.1) is 0 Å². The van der Waals surface area contributed by atoms with Gasteiger partial charge in [-0.1, -0.05) is 6.07 Å². The number of hydrogen-bond acceptors (Lipinski definition) is 4. The summed E-state index contributed by atoms with van der Waals surface area (Å²) in [5.41, 5.74) is 8.23. The molecule has 3 rings (SSSR count). The van der Waals surface area contributed by atoms with Gasteiger partial charge in [-0.05, 0) is 24.6 Å². The van der Waals surface area contributed by atoms with Gasteiger partial charge in [-0.3, -0.25) is 4.98 Å². The Labute approximate surface area is 97.6 Å². The minimum atomic E-state index is -0.433. The zero-order valence-corrected chi connectivity index (χ0v) is 9.53. The molecule has 3 N–H and O–H groups in total. The first-order valence-corrected chi connectivity index (χ1v) is 5.58. The third-order valence-corrected chi connectivity index (χ3v) is 3.59. The van der Waals surface area contributed by atoms with Gasteiger partial charge in [-0.15, -0.1) is 0 Å². The molecule has 2 heterocycles. The smallest absolute Gasteiger partial charge is 0.408 e. The van der Waals surface area contributed by atoms with E-state index in [0.717, 1.165) is 5.56 Å². The summed E-state index contributed by atoms with van der Waals surface area (Å²) in [5, 5.41) is 0. The Kier molecular flexibility index (Phi) is 2.14. The SMILES string of the molecule is CC(N)C1(c2ccc3[nH]c(=O)oc3c2)COC1. The van der Waals surface area contributed by atoms with Crippen LogP contribution in [-0.4, -0.2) is 24.2 Å². The molecule has 0 amide bonds. The van der Waals surface area contributed by atoms with Crippen molar-refractivity contribution in [2.75, 3.05) is 13.2 Å². The van der Waals surface area contributed by atoms with Gasteiger partial charge in [0.2, 0.25) is 0 Å². The number of aromatic nitrogens is 1. The van der Waals surface area contributed by atoms with Gasteiger partial charge in [0, 0.05) is 6.04 Å². The van der Waals surface area contributed by atoms with Gasteiger partial charge >= 0.3 is 5.76 Å². The minimum Gasteiger partial charge on any atom is -0.408 e. The molecule has 1 aromatic heterocycles. The fourth-order valence-corrected chi connectivity index (χ4v) is 2.27. The van der Waals surface area contributed by atoms with E-state index in [1.165, 1.54) is 0 Å². The highest BCUT2D eigenvalue weighted by Gasteiger charge is 2.43. The van der Waals surface area contributed by atoms with Crippen LogP contribution >= 0.6 is 0 Å². The van der Waals surface area contributed by atoms with E-state index in [1.54, 1.807) is 0 Å². The van der Waals surface area contributed by atoms with Crippen molar-refractivity contribution in [1.29, 1.82) is 0 Å². The Hall–Kier alpha value is -1.59. The van der Waals surface area contributed by atoms with E-state index in [4.69, 9.17) is 14.9 Å². The number of rotatable bonds is 2. The van der Waals surface area contributed by atoms with Crippen molar-refractivity contribution in [2.45, 2.75) is 18.4 Å². The van der Waals surface area contributed by atoms with Crippen LogP contribution in [0.15, 0.2) is 27.4 Å². The third-order valence-electron chi connectivity index (χ3n) is 3.59. The number of benzene rings is 1. The summed E-state index contributed by atoms with van der Waals surface area (Å²) in [6.07, 6.45) is 0. The summed E-state index contributed by atoms with van der Waals surface area (Å²) < 4.78 is 10.4. The molecule has 0 aliphatic carbocycles. The zero-order chi connectivity index (χ0) is 12.0. The van der Waals surface area contributed by atoms with Gasteiger partial charge in [0.25, 0.3) is 0 Å². The third kappa shape index (κ3) is 1.43. The number of oxazole rings is 1. The lowest BCUT2D eigenvalue weighted by Gasteiger charge is -2.45. The van der Waals surface area contributed by atoms with E-state index in [2.05, 4.69) is 4.98 Å². The second kappa shape index (κ2) is 3.45. The standard InChI is InChI=1S/C12H14N2O3/c1-7(13)12(5-16-6-12)8-2-3-9-10(4-8)17-11(15)14-9/h2-4,7H,5-6,13H2,1H3,(H,14,15). The molecule has 1 atom stereocenters. The molecule has 1 fully saturated rings. The number of H-pyrrole nitrogens is 1. The van der Waals surface area contributed by atoms with Crippen molar-refractivity contribution in [3.63, 3.8) is 0 Å². The zero-order valence-electron chi connectivity index (χ0n) is 9.53.